The summed E-state index contributed by atoms with van der Waals surface area (Å²) in [4.78, 5) is 41.8. The third-order valence-corrected chi connectivity index (χ3v) is 2.98. The number of aliphatic hydroxyl groups excluding tert-OH is 1. The van der Waals surface area contributed by atoms with Gasteiger partial charge in [-0.15, -0.1) is 0 Å². The lowest BCUT2D eigenvalue weighted by Gasteiger charge is -2.39. The number of carbonyl (C=O) groups excluding carboxylic acids is 4. The summed E-state index contributed by atoms with van der Waals surface area (Å²) in [6, 6.07) is 0. The van der Waals surface area contributed by atoms with E-state index in [4.69, 9.17) is 33.6 Å². The lowest BCUT2D eigenvalue weighted by Crippen LogP contribution is -2.53. The van der Waals surface area contributed by atoms with Gasteiger partial charge in [0.05, 0.1) is 13.2 Å². The zero-order chi connectivity index (χ0) is 23.9. The van der Waals surface area contributed by atoms with Crippen LogP contribution >= 0.6 is 0 Å². The van der Waals surface area contributed by atoms with E-state index >= 15 is 0 Å². The normalized spacial score (nSPS) is 21.5. The summed E-state index contributed by atoms with van der Waals surface area (Å²) in [5.41, 5.74) is 0. The number of rotatable bonds is 9. The number of hydrogen-bond donors (Lipinski definition) is 2. The van der Waals surface area contributed by atoms with E-state index in [1.165, 1.54) is 13.8 Å². The highest BCUT2D eigenvalue weighted by atomic mass is 16.7. The predicted molar refractivity (Wildman–Crippen MR) is 107 cm³/mol. The molecule has 0 saturated carbocycles. The summed E-state index contributed by atoms with van der Waals surface area (Å²) in [7, 11) is 1.56. The number of hydrogen-bond acceptors (Lipinski definition) is 10. The van der Waals surface area contributed by atoms with Crippen LogP contribution in [0.1, 0.15) is 48.0 Å². The van der Waals surface area contributed by atoms with Crippen LogP contribution in [0.5, 0.6) is 0 Å². The van der Waals surface area contributed by atoms with Gasteiger partial charge in [-0.3, -0.25) is 19.2 Å². The van der Waals surface area contributed by atoms with Crippen molar-refractivity contribution in [2.75, 3.05) is 26.9 Å². The summed E-state index contributed by atoms with van der Waals surface area (Å²) in [6.45, 7) is 10.3. The van der Waals surface area contributed by atoms with Crippen LogP contribution in [-0.4, -0.2) is 81.4 Å². The molecule has 178 valence electrons. The van der Waals surface area contributed by atoms with Gasteiger partial charge in [0.2, 0.25) is 6.41 Å². The fraction of sp³-hybridized carbons (Fsp3) is 0.789. The van der Waals surface area contributed by atoms with Crippen molar-refractivity contribution in [3.05, 3.63) is 0 Å². The third kappa shape index (κ3) is 16.7. The Morgan fingerprint density at radius 3 is 2.10 bits per heavy atom. The Morgan fingerprint density at radius 1 is 1.13 bits per heavy atom. The van der Waals surface area contributed by atoms with Gasteiger partial charge in [0.25, 0.3) is 6.47 Å². The van der Waals surface area contributed by atoms with Crippen molar-refractivity contribution in [1.82, 2.24) is 5.32 Å². The molecule has 0 bridgehead atoms. The predicted octanol–water partition coefficient (Wildman–Crippen LogP) is 0.561. The van der Waals surface area contributed by atoms with Gasteiger partial charge in [-0.25, -0.2) is 0 Å². The standard InChI is InChI=1S/C13H20O9.C2H5NO.2C2H6/c1-8(16)19-6-11-13(20-7-15)10(21-9(2)17)5-12(22-11)18-4-3-14;1-3-2-4;2*1-2/h7,10-14H,3-6H2,1-2H3;2H,1H3,(H,3,4);2*1-2H3. The van der Waals surface area contributed by atoms with E-state index in [2.05, 4.69) is 5.32 Å². The van der Waals surface area contributed by atoms with Gasteiger partial charge >= 0.3 is 11.9 Å². The second-order valence-electron chi connectivity index (χ2n) is 4.99. The maximum absolute atomic E-state index is 11.2. The monoisotopic (exact) mass is 439 g/mol. The van der Waals surface area contributed by atoms with Crippen molar-refractivity contribution >= 4 is 24.8 Å². The molecule has 11 nitrogen and oxygen atoms in total. The molecule has 2 N–H and O–H groups in total. The van der Waals surface area contributed by atoms with Gasteiger partial charge in [0.15, 0.2) is 12.4 Å². The van der Waals surface area contributed by atoms with Crippen LogP contribution in [0.3, 0.4) is 0 Å². The molecule has 0 spiro atoms. The van der Waals surface area contributed by atoms with Gasteiger partial charge in [-0.2, -0.15) is 0 Å². The van der Waals surface area contributed by atoms with E-state index in [0.717, 1.165) is 0 Å². The van der Waals surface area contributed by atoms with Gasteiger partial charge in [-0.05, 0) is 0 Å². The molecule has 1 heterocycles. The van der Waals surface area contributed by atoms with Crippen LogP contribution in [0, 0.1) is 0 Å². The molecule has 4 unspecified atom stereocenters. The van der Waals surface area contributed by atoms with Crippen LogP contribution in [0.4, 0.5) is 0 Å². The maximum Gasteiger partial charge on any atom is 0.303 e. The molecular formula is C19H37NO10. The number of amides is 1. The average molecular weight is 440 g/mol. The van der Waals surface area contributed by atoms with Crippen LogP contribution in [0.25, 0.3) is 0 Å². The van der Waals surface area contributed by atoms with Crippen LogP contribution in [-0.2, 0) is 42.9 Å². The van der Waals surface area contributed by atoms with Crippen LogP contribution < -0.4 is 5.32 Å². The Labute approximate surface area is 178 Å². The molecule has 0 radical (unpaired) electrons. The quantitative estimate of drug-likeness (QED) is 0.297. The van der Waals surface area contributed by atoms with E-state index in [0.29, 0.717) is 6.41 Å². The first-order valence-corrected chi connectivity index (χ1v) is 9.78. The summed E-state index contributed by atoms with van der Waals surface area (Å²) in [6.07, 6.45) is -2.62. The summed E-state index contributed by atoms with van der Waals surface area (Å²) >= 11 is 0. The van der Waals surface area contributed by atoms with E-state index < -0.39 is 36.5 Å². The third-order valence-electron chi connectivity index (χ3n) is 2.98. The molecule has 4 atom stereocenters. The number of ether oxygens (including phenoxy) is 5. The van der Waals surface area contributed by atoms with Crippen LogP contribution in [0.2, 0.25) is 0 Å². The topological polar surface area (TPSA) is 147 Å². The number of aliphatic hydroxyl groups is 1. The van der Waals surface area contributed by atoms with Crippen molar-refractivity contribution in [1.29, 1.82) is 0 Å². The minimum atomic E-state index is -0.922. The number of nitrogens with one attached hydrogen (secondary N) is 1. The van der Waals surface area contributed by atoms with E-state index in [-0.39, 0.29) is 32.7 Å². The molecule has 0 aromatic rings. The first-order chi connectivity index (χ1) is 14.4. The Balaban J connectivity index is -0.000000793. The highest BCUT2D eigenvalue weighted by Crippen LogP contribution is 2.26. The Hall–Kier alpha value is -2.24. The van der Waals surface area contributed by atoms with Crippen LogP contribution in [0.15, 0.2) is 0 Å². The Kier molecular flexibility index (Phi) is 24.9. The van der Waals surface area contributed by atoms with E-state index in [1.54, 1.807) is 7.05 Å². The highest BCUT2D eigenvalue weighted by Gasteiger charge is 2.43. The highest BCUT2D eigenvalue weighted by molar-refractivity contribution is 5.66. The van der Waals surface area contributed by atoms with Crippen molar-refractivity contribution in [2.24, 2.45) is 0 Å². The molecule has 11 heteroatoms. The smallest absolute Gasteiger partial charge is 0.303 e. The lowest BCUT2D eigenvalue weighted by molar-refractivity contribution is -0.265. The molecule has 1 amide bonds. The van der Waals surface area contributed by atoms with Crippen molar-refractivity contribution in [3.63, 3.8) is 0 Å². The molecule has 0 aromatic carbocycles. The zero-order valence-corrected chi connectivity index (χ0v) is 18.9. The summed E-state index contributed by atoms with van der Waals surface area (Å²) in [5, 5.41) is 11.0. The van der Waals surface area contributed by atoms with E-state index in [1.807, 2.05) is 27.7 Å². The second-order valence-corrected chi connectivity index (χ2v) is 4.99. The van der Waals surface area contributed by atoms with Gasteiger partial charge < -0.3 is 34.1 Å². The van der Waals surface area contributed by atoms with Gasteiger partial charge in [-0.1, -0.05) is 27.7 Å². The van der Waals surface area contributed by atoms with Crippen molar-refractivity contribution in [3.8, 4) is 0 Å². The first-order valence-electron chi connectivity index (χ1n) is 9.78. The average Bonchev–Trinajstić information content (AvgIpc) is 2.75. The number of esters is 2. The SMILES string of the molecule is CC.CC.CC(=O)OCC1OC(OCCO)CC(OC(C)=O)C1OC=O.CNC=O. The first kappa shape index (κ1) is 32.4. The molecule has 0 aliphatic carbocycles. The van der Waals surface area contributed by atoms with Gasteiger partial charge in [0.1, 0.15) is 18.8 Å². The summed E-state index contributed by atoms with van der Waals surface area (Å²) in [5.74, 6) is -1.09. The minimum Gasteiger partial charge on any atom is -0.463 e. The second kappa shape index (κ2) is 23.0. The van der Waals surface area contributed by atoms with Gasteiger partial charge in [0, 0.05) is 27.3 Å². The Morgan fingerprint density at radius 2 is 1.70 bits per heavy atom. The molecule has 1 saturated heterocycles. The molecule has 1 aliphatic rings. The fourth-order valence-corrected chi connectivity index (χ4v) is 2.08. The molecular weight excluding hydrogens is 402 g/mol. The summed E-state index contributed by atoms with van der Waals surface area (Å²) < 4.78 is 25.7. The van der Waals surface area contributed by atoms with E-state index in [9.17, 15) is 14.4 Å². The molecule has 1 rings (SSSR count). The molecule has 0 aromatic heterocycles. The van der Waals surface area contributed by atoms with Crippen molar-refractivity contribution < 1.29 is 48.0 Å². The fourth-order valence-electron chi connectivity index (χ4n) is 2.08. The minimum absolute atomic E-state index is 0.0247. The zero-order valence-electron chi connectivity index (χ0n) is 18.9. The maximum atomic E-state index is 11.2. The Bertz CT molecular complexity index is 447. The number of carbonyl (C=O) groups is 4. The van der Waals surface area contributed by atoms with Crippen molar-refractivity contribution in [2.45, 2.75) is 72.6 Å². The lowest BCUT2D eigenvalue weighted by atomic mass is 10.0. The molecule has 1 aliphatic heterocycles. The molecule has 1 fully saturated rings. The molecule has 30 heavy (non-hydrogen) atoms. The largest absolute Gasteiger partial charge is 0.463 e.